The first-order valence-electron chi connectivity index (χ1n) is 5.85. The van der Waals surface area contributed by atoms with Gasteiger partial charge in [0.05, 0.1) is 0 Å². The maximum absolute atomic E-state index is 9.17. The summed E-state index contributed by atoms with van der Waals surface area (Å²) in [5.74, 6) is 0.459. The highest BCUT2D eigenvalue weighted by Crippen LogP contribution is 2.18. The van der Waals surface area contributed by atoms with E-state index in [-0.39, 0.29) is 0 Å². The summed E-state index contributed by atoms with van der Waals surface area (Å²) in [6, 6.07) is 8.02. The quantitative estimate of drug-likeness (QED) is 0.877. The number of halogens is 1. The number of hydrogen-bond donors (Lipinski definition) is 1. The summed E-state index contributed by atoms with van der Waals surface area (Å²) < 4.78 is 0. The third-order valence-corrected chi connectivity index (χ3v) is 3.43. The molecule has 1 N–H and O–H groups in total. The lowest BCUT2D eigenvalue weighted by Gasteiger charge is -2.31. The largest absolute Gasteiger partial charge is 0.396 e. The van der Waals surface area contributed by atoms with E-state index in [2.05, 4.69) is 17.0 Å². The lowest BCUT2D eigenvalue weighted by atomic mass is 9.98. The van der Waals surface area contributed by atoms with Gasteiger partial charge < -0.3 is 5.11 Å². The number of rotatable bonds is 3. The van der Waals surface area contributed by atoms with E-state index in [0.717, 1.165) is 31.1 Å². The van der Waals surface area contributed by atoms with Crippen molar-refractivity contribution in [3.8, 4) is 0 Å². The highest BCUT2D eigenvalue weighted by molar-refractivity contribution is 6.30. The zero-order valence-electron chi connectivity index (χ0n) is 9.40. The molecule has 3 heteroatoms. The highest BCUT2D eigenvalue weighted by atomic mass is 35.5. The molecule has 1 aliphatic rings. The number of likely N-dealkylation sites (tertiary alicyclic amines) is 1. The van der Waals surface area contributed by atoms with E-state index in [1.807, 2.05) is 12.1 Å². The summed E-state index contributed by atoms with van der Waals surface area (Å²) in [5, 5.41) is 9.95. The minimum Gasteiger partial charge on any atom is -0.396 e. The molecule has 1 saturated heterocycles. The number of aliphatic hydroxyl groups excluding tert-OH is 1. The van der Waals surface area contributed by atoms with Crippen molar-refractivity contribution in [2.75, 3.05) is 19.7 Å². The molecule has 0 bridgehead atoms. The van der Waals surface area contributed by atoms with Crippen molar-refractivity contribution in [3.63, 3.8) is 0 Å². The van der Waals surface area contributed by atoms with Crippen LogP contribution in [0, 0.1) is 5.92 Å². The molecular formula is C13H18ClNO. The van der Waals surface area contributed by atoms with Crippen molar-refractivity contribution in [2.45, 2.75) is 19.4 Å². The van der Waals surface area contributed by atoms with E-state index >= 15 is 0 Å². The van der Waals surface area contributed by atoms with Crippen LogP contribution in [-0.2, 0) is 6.54 Å². The number of benzene rings is 1. The number of piperidine rings is 1. The zero-order valence-corrected chi connectivity index (χ0v) is 10.2. The van der Waals surface area contributed by atoms with Gasteiger partial charge in [0.15, 0.2) is 0 Å². The first-order valence-corrected chi connectivity index (χ1v) is 6.23. The second-order valence-electron chi connectivity index (χ2n) is 4.55. The third-order valence-electron chi connectivity index (χ3n) is 3.18. The zero-order chi connectivity index (χ0) is 11.4. The number of hydrogen-bond acceptors (Lipinski definition) is 2. The molecule has 0 aromatic heterocycles. The summed E-state index contributed by atoms with van der Waals surface area (Å²) >= 11 is 5.85. The van der Waals surface area contributed by atoms with Crippen LogP contribution >= 0.6 is 11.6 Å². The molecule has 1 unspecified atom stereocenters. The number of aliphatic hydroxyl groups is 1. The second-order valence-corrected chi connectivity index (χ2v) is 4.99. The van der Waals surface area contributed by atoms with E-state index in [4.69, 9.17) is 16.7 Å². The van der Waals surface area contributed by atoms with Gasteiger partial charge in [-0.1, -0.05) is 23.7 Å². The summed E-state index contributed by atoms with van der Waals surface area (Å²) in [6.45, 7) is 3.43. The van der Waals surface area contributed by atoms with Crippen molar-refractivity contribution in [1.29, 1.82) is 0 Å². The van der Waals surface area contributed by atoms with Crippen LogP contribution in [0.3, 0.4) is 0 Å². The maximum atomic E-state index is 9.17. The Morgan fingerprint density at radius 2 is 2.06 bits per heavy atom. The van der Waals surface area contributed by atoms with Crippen LogP contribution in [0.25, 0.3) is 0 Å². The topological polar surface area (TPSA) is 23.5 Å². The molecule has 0 spiro atoms. The normalized spacial score (nSPS) is 22.2. The van der Waals surface area contributed by atoms with E-state index < -0.39 is 0 Å². The Labute approximate surface area is 102 Å². The van der Waals surface area contributed by atoms with Crippen LogP contribution in [0.5, 0.6) is 0 Å². The predicted molar refractivity (Wildman–Crippen MR) is 66.5 cm³/mol. The van der Waals surface area contributed by atoms with Crippen LogP contribution in [0.1, 0.15) is 18.4 Å². The molecule has 0 radical (unpaired) electrons. The van der Waals surface area contributed by atoms with Gasteiger partial charge in [-0.3, -0.25) is 4.90 Å². The monoisotopic (exact) mass is 239 g/mol. The molecule has 1 aromatic rings. The van der Waals surface area contributed by atoms with E-state index in [1.54, 1.807) is 0 Å². The van der Waals surface area contributed by atoms with Gasteiger partial charge in [-0.2, -0.15) is 0 Å². The van der Waals surface area contributed by atoms with Crippen LogP contribution in [-0.4, -0.2) is 29.7 Å². The van der Waals surface area contributed by atoms with Gasteiger partial charge in [0, 0.05) is 24.7 Å². The molecule has 0 saturated carbocycles. The Morgan fingerprint density at radius 3 is 2.75 bits per heavy atom. The molecule has 1 atom stereocenters. The van der Waals surface area contributed by atoms with Crippen molar-refractivity contribution in [2.24, 2.45) is 5.92 Å². The van der Waals surface area contributed by atoms with Crippen molar-refractivity contribution >= 4 is 11.6 Å². The van der Waals surface area contributed by atoms with Crippen molar-refractivity contribution in [3.05, 3.63) is 34.9 Å². The van der Waals surface area contributed by atoms with Gasteiger partial charge in [-0.05, 0) is 43.0 Å². The van der Waals surface area contributed by atoms with E-state index in [9.17, 15) is 0 Å². The summed E-state index contributed by atoms with van der Waals surface area (Å²) in [4.78, 5) is 2.41. The molecular weight excluding hydrogens is 222 g/mol. The minimum atomic E-state index is 0.317. The van der Waals surface area contributed by atoms with Crippen LogP contribution in [0.4, 0.5) is 0 Å². The third kappa shape index (κ3) is 3.21. The molecule has 1 aromatic carbocycles. The van der Waals surface area contributed by atoms with Crippen molar-refractivity contribution in [1.82, 2.24) is 4.90 Å². The maximum Gasteiger partial charge on any atom is 0.0471 e. The lowest BCUT2D eigenvalue weighted by molar-refractivity contribution is 0.116. The summed E-state index contributed by atoms with van der Waals surface area (Å²) in [5.41, 5.74) is 1.29. The molecule has 1 fully saturated rings. The SMILES string of the molecule is OCC1CCCN(Cc2ccc(Cl)cc2)C1. The van der Waals surface area contributed by atoms with Crippen molar-refractivity contribution < 1.29 is 5.11 Å². The van der Waals surface area contributed by atoms with Gasteiger partial charge in [0.25, 0.3) is 0 Å². The molecule has 2 rings (SSSR count). The molecule has 0 amide bonds. The Bertz CT molecular complexity index is 325. The first-order chi connectivity index (χ1) is 7.78. The second kappa shape index (κ2) is 5.67. The molecule has 16 heavy (non-hydrogen) atoms. The standard InChI is InChI=1S/C13H18ClNO/c14-13-5-3-11(4-6-13)8-15-7-1-2-12(9-15)10-16/h3-6,12,16H,1-2,7-10H2. The lowest BCUT2D eigenvalue weighted by Crippen LogP contribution is -2.36. The Balaban J connectivity index is 1.91. The van der Waals surface area contributed by atoms with Gasteiger partial charge in [-0.15, -0.1) is 0 Å². The summed E-state index contributed by atoms with van der Waals surface area (Å²) in [6.07, 6.45) is 2.35. The molecule has 0 aliphatic carbocycles. The number of nitrogens with zero attached hydrogens (tertiary/aromatic N) is 1. The molecule has 1 aliphatic heterocycles. The average Bonchev–Trinajstić information content (AvgIpc) is 2.32. The first kappa shape index (κ1) is 11.9. The predicted octanol–water partition coefficient (Wildman–Crippen LogP) is 2.54. The smallest absolute Gasteiger partial charge is 0.0471 e. The Hall–Kier alpha value is -0.570. The average molecular weight is 240 g/mol. The fourth-order valence-corrected chi connectivity index (χ4v) is 2.42. The van der Waals surface area contributed by atoms with Gasteiger partial charge in [0.1, 0.15) is 0 Å². The fraction of sp³-hybridized carbons (Fsp3) is 0.538. The van der Waals surface area contributed by atoms with Gasteiger partial charge in [-0.25, -0.2) is 0 Å². The fourth-order valence-electron chi connectivity index (χ4n) is 2.29. The minimum absolute atomic E-state index is 0.317. The van der Waals surface area contributed by atoms with Crippen LogP contribution < -0.4 is 0 Å². The molecule has 1 heterocycles. The van der Waals surface area contributed by atoms with Gasteiger partial charge in [0.2, 0.25) is 0 Å². The molecule has 88 valence electrons. The Kier molecular flexibility index (Phi) is 4.22. The van der Waals surface area contributed by atoms with Crippen LogP contribution in [0.2, 0.25) is 5.02 Å². The van der Waals surface area contributed by atoms with E-state index in [1.165, 1.54) is 12.0 Å². The summed E-state index contributed by atoms with van der Waals surface area (Å²) in [7, 11) is 0. The van der Waals surface area contributed by atoms with Crippen LogP contribution in [0.15, 0.2) is 24.3 Å². The van der Waals surface area contributed by atoms with E-state index in [0.29, 0.717) is 12.5 Å². The van der Waals surface area contributed by atoms with Gasteiger partial charge >= 0.3 is 0 Å². The highest BCUT2D eigenvalue weighted by Gasteiger charge is 2.18. The Morgan fingerprint density at radius 1 is 1.31 bits per heavy atom. The molecule has 2 nitrogen and oxygen atoms in total.